The van der Waals surface area contributed by atoms with Gasteiger partial charge in [-0.05, 0) is 20.3 Å². The van der Waals surface area contributed by atoms with Crippen molar-refractivity contribution >= 4 is 17.7 Å². The minimum Gasteiger partial charge on any atom is -0.325 e. The molecule has 5 N–H and O–H groups in total. The molecule has 78 valence electrons. The van der Waals surface area contributed by atoms with Gasteiger partial charge in [-0.2, -0.15) is 0 Å². The summed E-state index contributed by atoms with van der Waals surface area (Å²) in [5, 5.41) is -0.0900. The number of nitrogens with one attached hydrogen (secondary N) is 1. The maximum atomic E-state index is 11.2. The van der Waals surface area contributed by atoms with Crippen molar-refractivity contribution in [3.8, 4) is 0 Å². The molecule has 0 saturated heterocycles. The van der Waals surface area contributed by atoms with Gasteiger partial charge in [0.1, 0.15) is 0 Å². The van der Waals surface area contributed by atoms with Crippen molar-refractivity contribution in [3.05, 3.63) is 0 Å². The predicted octanol–water partition coefficient (Wildman–Crippen LogP) is 0.225. The van der Waals surface area contributed by atoms with Gasteiger partial charge in [0, 0.05) is 11.3 Å². The Morgan fingerprint density at radius 1 is 1.62 bits per heavy atom. The van der Waals surface area contributed by atoms with Crippen LogP contribution in [0.2, 0.25) is 0 Å². The van der Waals surface area contributed by atoms with E-state index in [1.807, 2.05) is 20.8 Å². The first-order valence-electron chi connectivity index (χ1n) is 4.31. The zero-order valence-corrected chi connectivity index (χ0v) is 9.28. The second-order valence-electron chi connectivity index (χ2n) is 3.71. The molecule has 0 aliphatic heterocycles. The topological polar surface area (TPSA) is 81.1 Å². The average Bonchev–Trinajstić information content (AvgIpc) is 2.03. The van der Waals surface area contributed by atoms with Crippen LogP contribution in [0.1, 0.15) is 27.2 Å². The van der Waals surface area contributed by atoms with E-state index < -0.39 is 0 Å². The molecule has 0 bridgehead atoms. The standard InChI is InChI=1S/C8H19N3OS/c1-4-6(7(12)11-10)13-5-8(2,3)9/h6H,4-5,9-10H2,1-3H3,(H,11,12). The van der Waals surface area contributed by atoms with Crippen LogP contribution in [0.15, 0.2) is 0 Å². The lowest BCUT2D eigenvalue weighted by Gasteiger charge is -2.21. The van der Waals surface area contributed by atoms with Crippen LogP contribution in [0.3, 0.4) is 0 Å². The van der Waals surface area contributed by atoms with Gasteiger partial charge in [-0.1, -0.05) is 6.92 Å². The van der Waals surface area contributed by atoms with Crippen molar-refractivity contribution in [2.24, 2.45) is 11.6 Å². The third-order valence-corrected chi connectivity index (χ3v) is 3.32. The second-order valence-corrected chi connectivity index (χ2v) is 4.90. The lowest BCUT2D eigenvalue weighted by atomic mass is 10.1. The Bertz CT molecular complexity index is 167. The molecule has 0 aliphatic rings. The molecule has 1 atom stereocenters. The molecule has 0 aromatic heterocycles. The average molecular weight is 205 g/mol. The van der Waals surface area contributed by atoms with Gasteiger partial charge in [0.25, 0.3) is 0 Å². The van der Waals surface area contributed by atoms with Crippen LogP contribution in [0.5, 0.6) is 0 Å². The summed E-state index contributed by atoms with van der Waals surface area (Å²) in [4.78, 5) is 11.2. The van der Waals surface area contributed by atoms with Gasteiger partial charge >= 0.3 is 0 Å². The maximum Gasteiger partial charge on any atom is 0.246 e. The largest absolute Gasteiger partial charge is 0.325 e. The summed E-state index contributed by atoms with van der Waals surface area (Å²) in [7, 11) is 0. The van der Waals surface area contributed by atoms with E-state index in [1.165, 1.54) is 0 Å². The minimum atomic E-state index is -0.243. The SMILES string of the molecule is CCC(SCC(C)(C)N)C(=O)NN. The van der Waals surface area contributed by atoms with Crippen molar-refractivity contribution in [2.45, 2.75) is 38.0 Å². The Labute approximate surface area is 83.8 Å². The molecule has 1 unspecified atom stereocenters. The Morgan fingerprint density at radius 3 is 2.46 bits per heavy atom. The summed E-state index contributed by atoms with van der Waals surface area (Å²) >= 11 is 1.54. The van der Waals surface area contributed by atoms with Crippen LogP contribution in [0.4, 0.5) is 0 Å². The molecule has 0 aromatic rings. The summed E-state index contributed by atoms with van der Waals surface area (Å²) < 4.78 is 0. The molecule has 0 heterocycles. The number of rotatable bonds is 5. The Morgan fingerprint density at radius 2 is 2.15 bits per heavy atom. The van der Waals surface area contributed by atoms with E-state index in [1.54, 1.807) is 11.8 Å². The van der Waals surface area contributed by atoms with Crippen molar-refractivity contribution < 1.29 is 4.79 Å². The van der Waals surface area contributed by atoms with Crippen LogP contribution >= 0.6 is 11.8 Å². The van der Waals surface area contributed by atoms with Gasteiger partial charge < -0.3 is 5.73 Å². The molecule has 0 radical (unpaired) electrons. The molecule has 1 amide bonds. The third kappa shape index (κ3) is 5.90. The molecule has 0 saturated carbocycles. The fraction of sp³-hybridized carbons (Fsp3) is 0.875. The van der Waals surface area contributed by atoms with E-state index in [0.717, 1.165) is 12.2 Å². The Kier molecular flexibility index (Phi) is 5.36. The summed E-state index contributed by atoms with van der Waals surface area (Å²) in [5.74, 6) is 5.66. The molecule has 0 aliphatic carbocycles. The van der Waals surface area contributed by atoms with Crippen LogP contribution in [0, 0.1) is 0 Å². The molecule has 4 nitrogen and oxygen atoms in total. The van der Waals surface area contributed by atoms with Crippen LogP contribution in [0.25, 0.3) is 0 Å². The zero-order chi connectivity index (χ0) is 10.5. The second kappa shape index (κ2) is 5.47. The van der Waals surface area contributed by atoms with Gasteiger partial charge in [0.2, 0.25) is 5.91 Å². The Hall–Kier alpha value is -0.260. The summed E-state index contributed by atoms with van der Waals surface area (Å²) in [5.41, 5.74) is 7.70. The molecule has 0 spiro atoms. The highest BCUT2D eigenvalue weighted by Crippen LogP contribution is 2.18. The number of hydrogen-bond acceptors (Lipinski definition) is 4. The smallest absolute Gasteiger partial charge is 0.246 e. The number of amides is 1. The fourth-order valence-corrected chi connectivity index (χ4v) is 1.87. The monoisotopic (exact) mass is 205 g/mol. The zero-order valence-electron chi connectivity index (χ0n) is 8.46. The van der Waals surface area contributed by atoms with Gasteiger partial charge in [-0.25, -0.2) is 5.84 Å². The quantitative estimate of drug-likeness (QED) is 0.341. The summed E-state index contributed by atoms with van der Waals surface area (Å²) in [6.45, 7) is 5.83. The van der Waals surface area contributed by atoms with E-state index in [-0.39, 0.29) is 16.7 Å². The van der Waals surface area contributed by atoms with E-state index in [0.29, 0.717) is 0 Å². The van der Waals surface area contributed by atoms with E-state index >= 15 is 0 Å². The van der Waals surface area contributed by atoms with Crippen LogP contribution < -0.4 is 17.0 Å². The number of nitrogens with two attached hydrogens (primary N) is 2. The molecule has 0 fully saturated rings. The van der Waals surface area contributed by atoms with E-state index in [2.05, 4.69) is 5.43 Å². The molecular weight excluding hydrogens is 186 g/mol. The summed E-state index contributed by atoms with van der Waals surface area (Å²) in [6.07, 6.45) is 0.768. The lowest BCUT2D eigenvalue weighted by molar-refractivity contribution is -0.120. The fourth-order valence-electron chi connectivity index (χ4n) is 0.787. The van der Waals surface area contributed by atoms with Gasteiger partial charge in [0.15, 0.2) is 0 Å². The van der Waals surface area contributed by atoms with Gasteiger partial charge in [-0.3, -0.25) is 10.2 Å². The van der Waals surface area contributed by atoms with Crippen molar-refractivity contribution in [2.75, 3.05) is 5.75 Å². The first-order valence-corrected chi connectivity index (χ1v) is 5.36. The van der Waals surface area contributed by atoms with Crippen molar-refractivity contribution in [3.63, 3.8) is 0 Å². The van der Waals surface area contributed by atoms with Gasteiger partial charge in [0.05, 0.1) is 5.25 Å². The normalized spacial score (nSPS) is 13.9. The van der Waals surface area contributed by atoms with Crippen molar-refractivity contribution in [1.82, 2.24) is 5.43 Å². The van der Waals surface area contributed by atoms with Crippen molar-refractivity contribution in [1.29, 1.82) is 0 Å². The number of carbonyl (C=O) groups excluding carboxylic acids is 1. The minimum absolute atomic E-state index is 0.0900. The highest BCUT2D eigenvalue weighted by molar-refractivity contribution is 8.00. The molecular formula is C8H19N3OS. The highest BCUT2D eigenvalue weighted by Gasteiger charge is 2.19. The number of thioether (sulfide) groups is 1. The Balaban J connectivity index is 3.93. The van der Waals surface area contributed by atoms with E-state index in [9.17, 15) is 4.79 Å². The first-order chi connectivity index (χ1) is 5.90. The van der Waals surface area contributed by atoms with Gasteiger partial charge in [-0.15, -0.1) is 11.8 Å². The summed E-state index contributed by atoms with van der Waals surface area (Å²) in [6, 6.07) is 0. The van der Waals surface area contributed by atoms with Crippen LogP contribution in [-0.2, 0) is 4.79 Å². The predicted molar refractivity (Wildman–Crippen MR) is 57.1 cm³/mol. The molecule has 5 heteroatoms. The maximum absolute atomic E-state index is 11.2. The lowest BCUT2D eigenvalue weighted by Crippen LogP contribution is -2.40. The number of carbonyl (C=O) groups is 1. The number of hydrogen-bond donors (Lipinski definition) is 3. The van der Waals surface area contributed by atoms with E-state index in [4.69, 9.17) is 11.6 Å². The number of hydrazine groups is 1. The molecule has 0 rings (SSSR count). The highest BCUT2D eigenvalue weighted by atomic mass is 32.2. The molecule has 13 heavy (non-hydrogen) atoms. The third-order valence-electron chi connectivity index (χ3n) is 1.46. The first kappa shape index (κ1) is 12.7. The molecule has 0 aromatic carbocycles. The van der Waals surface area contributed by atoms with Crippen LogP contribution in [-0.4, -0.2) is 22.4 Å².